The molecule has 2 aliphatic carbocycles. The zero-order chi connectivity index (χ0) is 16.9. The van der Waals surface area contributed by atoms with E-state index in [0.29, 0.717) is 6.04 Å². The van der Waals surface area contributed by atoms with E-state index in [1.165, 1.54) is 12.8 Å². The van der Waals surface area contributed by atoms with Crippen molar-refractivity contribution in [1.29, 1.82) is 0 Å². The summed E-state index contributed by atoms with van der Waals surface area (Å²) in [5.74, 6) is 0.382. The number of amides is 2. The van der Waals surface area contributed by atoms with Crippen molar-refractivity contribution in [2.24, 2.45) is 11.8 Å². The van der Waals surface area contributed by atoms with Crippen LogP contribution in [0.15, 0.2) is 28.7 Å². The molecule has 0 bridgehead atoms. The van der Waals surface area contributed by atoms with Gasteiger partial charge in [0.1, 0.15) is 0 Å². The molecule has 0 spiro atoms. The molecule has 1 aromatic carbocycles. The summed E-state index contributed by atoms with van der Waals surface area (Å²) < 4.78 is 0.995. The predicted molar refractivity (Wildman–Crippen MR) is 98.6 cm³/mol. The van der Waals surface area contributed by atoms with Gasteiger partial charge in [-0.2, -0.15) is 0 Å². The maximum absolute atomic E-state index is 12.4. The van der Waals surface area contributed by atoms with Gasteiger partial charge in [0.05, 0.1) is 0 Å². The number of anilines is 1. The molecule has 24 heavy (non-hydrogen) atoms. The lowest BCUT2D eigenvalue weighted by Crippen LogP contribution is -2.39. The summed E-state index contributed by atoms with van der Waals surface area (Å²) in [6.45, 7) is 0. The first kappa shape index (κ1) is 17.5. The zero-order valence-corrected chi connectivity index (χ0v) is 15.5. The molecule has 0 saturated heterocycles. The standard InChI is InChI=1S/C19H25BrN2O2/c20-15-9-11-17(12-10-15)22-19(24)14-7-5-13(6-8-14)18(23)21-16-3-1-2-4-16/h9-14,16H,1-8H2,(H,21,23)(H,22,24). The van der Waals surface area contributed by atoms with E-state index < -0.39 is 0 Å². The molecule has 0 aliphatic heterocycles. The van der Waals surface area contributed by atoms with Gasteiger partial charge >= 0.3 is 0 Å². The average Bonchev–Trinajstić information content (AvgIpc) is 3.10. The fraction of sp³-hybridized carbons (Fsp3) is 0.579. The van der Waals surface area contributed by atoms with Crippen LogP contribution < -0.4 is 10.6 Å². The highest BCUT2D eigenvalue weighted by Crippen LogP contribution is 2.30. The van der Waals surface area contributed by atoms with Crippen LogP contribution in [0, 0.1) is 11.8 Å². The minimum atomic E-state index is 0.0178. The van der Waals surface area contributed by atoms with Gasteiger partial charge in [-0.3, -0.25) is 9.59 Å². The maximum atomic E-state index is 12.4. The third-order valence-corrected chi connectivity index (χ3v) is 5.81. The molecule has 3 rings (SSSR count). The van der Waals surface area contributed by atoms with Crippen molar-refractivity contribution in [3.8, 4) is 0 Å². The van der Waals surface area contributed by atoms with Crippen molar-refractivity contribution in [1.82, 2.24) is 5.32 Å². The SMILES string of the molecule is O=C(Nc1ccc(Br)cc1)C1CCC(C(=O)NC2CCCC2)CC1. The van der Waals surface area contributed by atoms with Gasteiger partial charge in [-0.15, -0.1) is 0 Å². The molecule has 2 fully saturated rings. The second kappa shape index (κ2) is 8.15. The molecule has 0 atom stereocenters. The largest absolute Gasteiger partial charge is 0.353 e. The minimum Gasteiger partial charge on any atom is -0.353 e. The fourth-order valence-electron chi connectivity index (χ4n) is 3.78. The van der Waals surface area contributed by atoms with Crippen LogP contribution in [-0.2, 0) is 9.59 Å². The van der Waals surface area contributed by atoms with Gasteiger partial charge in [0, 0.05) is 28.0 Å². The number of hydrogen-bond donors (Lipinski definition) is 2. The van der Waals surface area contributed by atoms with Gasteiger partial charge < -0.3 is 10.6 Å². The van der Waals surface area contributed by atoms with Gasteiger partial charge in [-0.05, 0) is 62.8 Å². The van der Waals surface area contributed by atoms with Crippen LogP contribution in [0.3, 0.4) is 0 Å². The Bertz CT molecular complexity index is 574. The second-order valence-electron chi connectivity index (χ2n) is 7.03. The van der Waals surface area contributed by atoms with E-state index in [0.717, 1.165) is 48.7 Å². The van der Waals surface area contributed by atoms with Gasteiger partial charge in [0.15, 0.2) is 0 Å². The Hall–Kier alpha value is -1.36. The van der Waals surface area contributed by atoms with Crippen molar-refractivity contribution in [3.05, 3.63) is 28.7 Å². The lowest BCUT2D eigenvalue weighted by Gasteiger charge is -2.28. The highest BCUT2D eigenvalue weighted by Gasteiger charge is 2.31. The Kier molecular flexibility index (Phi) is 5.93. The van der Waals surface area contributed by atoms with Crippen molar-refractivity contribution >= 4 is 33.4 Å². The number of carbonyl (C=O) groups is 2. The molecule has 0 radical (unpaired) electrons. The van der Waals surface area contributed by atoms with Crippen LogP contribution in [0.5, 0.6) is 0 Å². The van der Waals surface area contributed by atoms with E-state index >= 15 is 0 Å². The molecule has 0 heterocycles. The minimum absolute atomic E-state index is 0.0178. The van der Waals surface area contributed by atoms with Crippen LogP contribution in [0.2, 0.25) is 0 Å². The summed E-state index contributed by atoms with van der Waals surface area (Å²) in [4.78, 5) is 24.7. The molecular formula is C19H25BrN2O2. The molecule has 130 valence electrons. The summed E-state index contributed by atoms with van der Waals surface area (Å²) >= 11 is 3.39. The van der Waals surface area contributed by atoms with Gasteiger partial charge in [-0.1, -0.05) is 28.8 Å². The number of rotatable bonds is 4. The quantitative estimate of drug-likeness (QED) is 0.804. The molecule has 0 aromatic heterocycles. The Morgan fingerprint density at radius 3 is 1.96 bits per heavy atom. The highest BCUT2D eigenvalue weighted by molar-refractivity contribution is 9.10. The summed E-state index contributed by atoms with van der Waals surface area (Å²) in [5, 5.41) is 6.18. The molecule has 4 nitrogen and oxygen atoms in total. The van der Waals surface area contributed by atoms with Crippen molar-refractivity contribution < 1.29 is 9.59 Å². The monoisotopic (exact) mass is 392 g/mol. The summed E-state index contributed by atoms with van der Waals surface area (Å²) in [6.07, 6.45) is 7.93. The zero-order valence-electron chi connectivity index (χ0n) is 13.9. The Morgan fingerprint density at radius 1 is 0.833 bits per heavy atom. The van der Waals surface area contributed by atoms with Crippen LogP contribution >= 0.6 is 15.9 Å². The molecule has 2 saturated carbocycles. The first-order valence-corrected chi connectivity index (χ1v) is 9.78. The number of carbonyl (C=O) groups excluding carboxylic acids is 2. The van der Waals surface area contributed by atoms with Crippen molar-refractivity contribution in [3.63, 3.8) is 0 Å². The van der Waals surface area contributed by atoms with E-state index in [4.69, 9.17) is 0 Å². The molecule has 1 aromatic rings. The molecule has 5 heteroatoms. The topological polar surface area (TPSA) is 58.2 Å². The Morgan fingerprint density at radius 2 is 1.38 bits per heavy atom. The van der Waals surface area contributed by atoms with E-state index in [2.05, 4.69) is 26.6 Å². The average molecular weight is 393 g/mol. The van der Waals surface area contributed by atoms with Gasteiger partial charge in [0.2, 0.25) is 11.8 Å². The van der Waals surface area contributed by atoms with Crippen LogP contribution in [-0.4, -0.2) is 17.9 Å². The van der Waals surface area contributed by atoms with Crippen molar-refractivity contribution in [2.45, 2.75) is 57.4 Å². The van der Waals surface area contributed by atoms with Gasteiger partial charge in [-0.25, -0.2) is 0 Å². The first-order valence-electron chi connectivity index (χ1n) is 8.98. The van der Waals surface area contributed by atoms with E-state index in [1.807, 2.05) is 24.3 Å². The van der Waals surface area contributed by atoms with E-state index in [1.54, 1.807) is 0 Å². The summed E-state index contributed by atoms with van der Waals surface area (Å²) in [5.41, 5.74) is 0.823. The Balaban J connectivity index is 1.44. The van der Waals surface area contributed by atoms with Gasteiger partial charge in [0.25, 0.3) is 0 Å². The summed E-state index contributed by atoms with van der Waals surface area (Å²) in [7, 11) is 0. The number of benzene rings is 1. The molecule has 2 N–H and O–H groups in total. The third kappa shape index (κ3) is 4.59. The molecule has 2 amide bonds. The number of halogens is 1. The third-order valence-electron chi connectivity index (χ3n) is 5.28. The normalized spacial score (nSPS) is 24.5. The van der Waals surface area contributed by atoms with E-state index in [9.17, 15) is 9.59 Å². The fourth-order valence-corrected chi connectivity index (χ4v) is 4.05. The van der Waals surface area contributed by atoms with E-state index in [-0.39, 0.29) is 23.7 Å². The predicted octanol–water partition coefficient (Wildman–Crippen LogP) is 4.25. The second-order valence-corrected chi connectivity index (χ2v) is 7.95. The first-order chi connectivity index (χ1) is 11.6. The maximum Gasteiger partial charge on any atom is 0.227 e. The van der Waals surface area contributed by atoms with Crippen LogP contribution in [0.4, 0.5) is 5.69 Å². The summed E-state index contributed by atoms with van der Waals surface area (Å²) in [6, 6.07) is 8.00. The lowest BCUT2D eigenvalue weighted by molar-refractivity contribution is -0.129. The van der Waals surface area contributed by atoms with Crippen LogP contribution in [0.25, 0.3) is 0 Å². The lowest BCUT2D eigenvalue weighted by atomic mass is 9.81. The smallest absolute Gasteiger partial charge is 0.227 e. The van der Waals surface area contributed by atoms with Crippen molar-refractivity contribution in [2.75, 3.05) is 5.32 Å². The highest BCUT2D eigenvalue weighted by atomic mass is 79.9. The molecular weight excluding hydrogens is 368 g/mol. The number of nitrogens with one attached hydrogen (secondary N) is 2. The Labute approximate surface area is 151 Å². The molecule has 0 unspecified atom stereocenters. The molecule has 2 aliphatic rings. The van der Waals surface area contributed by atoms with Crippen LogP contribution in [0.1, 0.15) is 51.4 Å². The number of hydrogen-bond acceptors (Lipinski definition) is 2.